The van der Waals surface area contributed by atoms with E-state index in [4.69, 9.17) is 9.59 Å². The van der Waals surface area contributed by atoms with Crippen LogP contribution in [0, 0.1) is 0 Å². The van der Waals surface area contributed by atoms with Gasteiger partial charge in [-0.3, -0.25) is 0 Å². The fourth-order valence-corrected chi connectivity index (χ4v) is 11.5. The molecule has 0 bridgehead atoms. The van der Waals surface area contributed by atoms with E-state index >= 15 is 0 Å². The molecule has 2 aliphatic rings. The third-order valence-electron chi connectivity index (χ3n) is 3.25. The monoisotopic (exact) mass is 320 g/mol. The van der Waals surface area contributed by atoms with Gasteiger partial charge in [-0.2, -0.15) is 11.2 Å². The second-order valence-corrected chi connectivity index (χ2v) is 17.3. The maximum absolute atomic E-state index is 9.03. The molecule has 0 unspecified atom stereocenters. The minimum Gasteiger partial charge on any atom is -0.403 e. The summed E-state index contributed by atoms with van der Waals surface area (Å²) in [5.41, 5.74) is 4.34. The van der Waals surface area contributed by atoms with Crippen molar-refractivity contribution < 1.29 is 9.59 Å². The Hall–Kier alpha value is 0.534. The molecule has 0 amide bonds. The van der Waals surface area contributed by atoms with E-state index in [9.17, 15) is 0 Å². The largest absolute Gasteiger partial charge is 0.403 e. The first kappa shape index (κ1) is 16.6. The molecule has 0 aromatic carbocycles. The maximum atomic E-state index is 9.03. The molecule has 2 nitrogen and oxygen atoms in total. The van der Waals surface area contributed by atoms with Gasteiger partial charge >= 0.3 is 7.71 Å². The zero-order chi connectivity index (χ0) is 13.5. The molecule has 0 aliphatic carbocycles. The van der Waals surface area contributed by atoms with E-state index in [1.54, 1.807) is 0 Å². The zero-order valence-electron chi connectivity index (χ0n) is 10.9. The summed E-state index contributed by atoms with van der Waals surface area (Å²) < 4.78 is 0. The van der Waals surface area contributed by atoms with Gasteiger partial charge in [0.1, 0.15) is 0 Å². The van der Waals surface area contributed by atoms with Crippen molar-refractivity contribution in [3.05, 3.63) is 24.6 Å². The second kappa shape index (κ2) is 7.96. The summed E-state index contributed by atoms with van der Waals surface area (Å²) in [4.78, 5) is 18.1. The van der Waals surface area contributed by atoms with Crippen molar-refractivity contribution in [1.29, 1.82) is 0 Å². The summed E-state index contributed by atoms with van der Waals surface area (Å²) >= 11 is 3.48. The summed E-state index contributed by atoms with van der Waals surface area (Å²) in [5.74, 6) is 2.27. The van der Waals surface area contributed by atoms with Crippen LogP contribution in [0.25, 0.3) is 0 Å². The van der Waals surface area contributed by atoms with Gasteiger partial charge in [0.2, 0.25) is 0 Å². The quantitative estimate of drug-likeness (QED) is 0.766. The molecular formula is C12H24O2S2Si2. The molecule has 0 spiro atoms. The smallest absolute Gasteiger partial charge is 0.400 e. The topological polar surface area (TPSA) is 40.5 Å². The molecule has 2 N–H and O–H groups in total. The van der Waals surface area contributed by atoms with Crippen LogP contribution < -0.4 is 0 Å². The molecule has 0 atom stereocenters. The molecule has 2 aliphatic heterocycles. The van der Waals surface area contributed by atoms with Crippen LogP contribution in [-0.4, -0.2) is 36.0 Å². The average molecular weight is 321 g/mol. The van der Waals surface area contributed by atoms with Crippen LogP contribution in [-0.2, 0) is 0 Å². The Bertz CT molecular complexity index is 261. The molecular weight excluding hydrogens is 296 g/mol. The molecule has 0 saturated carbocycles. The number of hydrogen-bond acceptors (Lipinski definition) is 4. The summed E-state index contributed by atoms with van der Waals surface area (Å²) in [7, 11) is -3.86. The lowest BCUT2D eigenvalue weighted by atomic mass is 10.4. The maximum Gasteiger partial charge on any atom is 0.400 e. The molecule has 0 radical (unpaired) electrons. The third-order valence-corrected chi connectivity index (χ3v) is 15.2. The van der Waals surface area contributed by atoms with Crippen LogP contribution in [0.2, 0.25) is 12.1 Å². The highest BCUT2D eigenvalue weighted by Crippen LogP contribution is 2.34. The Morgan fingerprint density at radius 1 is 0.833 bits per heavy atom. The third kappa shape index (κ3) is 5.67. The summed E-state index contributed by atoms with van der Waals surface area (Å²) in [6, 6.07) is 2.03. The van der Waals surface area contributed by atoms with E-state index in [1.165, 1.54) is 35.8 Å². The van der Waals surface area contributed by atoms with E-state index < -0.39 is 14.9 Å². The van der Waals surface area contributed by atoms with Crippen LogP contribution in [0.4, 0.5) is 0 Å². The van der Waals surface area contributed by atoms with Crippen molar-refractivity contribution in [3.63, 3.8) is 0 Å². The predicted molar refractivity (Wildman–Crippen MR) is 89.3 cm³/mol. The van der Waals surface area contributed by atoms with Gasteiger partial charge in [0.15, 0.2) is 7.22 Å². The van der Waals surface area contributed by atoms with Crippen molar-refractivity contribution in [2.75, 3.05) is 11.5 Å². The molecule has 104 valence electrons. The normalized spacial score (nSPS) is 25.4. The molecule has 2 fully saturated rings. The first-order valence-corrected chi connectivity index (χ1v) is 14.4. The second-order valence-electron chi connectivity index (χ2n) is 4.72. The van der Waals surface area contributed by atoms with Gasteiger partial charge < -0.3 is 9.59 Å². The van der Waals surface area contributed by atoms with E-state index in [0.717, 1.165) is 18.6 Å². The Balaban J connectivity index is 0.000000184. The van der Waals surface area contributed by atoms with Gasteiger partial charge in [-0.1, -0.05) is 17.8 Å². The van der Waals surface area contributed by atoms with Crippen molar-refractivity contribution in [2.24, 2.45) is 0 Å². The Labute approximate surface area is 120 Å². The standard InChI is InChI=1S/C8H14SSi.C4H10O2SSi/c1-3-10(4-2)8-6-5-7-9-10;5-8(6)4-2-1-3-7-8/h3-4H,1-2,5-8H2;5-6H,1-4H2. The van der Waals surface area contributed by atoms with Crippen LogP contribution in [0.5, 0.6) is 0 Å². The van der Waals surface area contributed by atoms with Crippen LogP contribution in [0.3, 0.4) is 0 Å². The predicted octanol–water partition coefficient (Wildman–Crippen LogP) is 3.35. The first-order valence-electron chi connectivity index (χ1n) is 6.53. The minimum atomic E-state index is -2.67. The highest BCUT2D eigenvalue weighted by Gasteiger charge is 2.32. The Kier molecular flexibility index (Phi) is 7.34. The lowest BCUT2D eigenvalue weighted by Crippen LogP contribution is -2.33. The molecule has 2 rings (SSSR count). The molecule has 18 heavy (non-hydrogen) atoms. The van der Waals surface area contributed by atoms with Gasteiger partial charge in [0.25, 0.3) is 0 Å². The summed E-state index contributed by atoms with van der Waals surface area (Å²) in [5, 5.41) is 0. The number of hydrogen-bond donors (Lipinski definition) is 2. The Morgan fingerprint density at radius 2 is 1.39 bits per heavy atom. The average Bonchev–Trinajstić information content (AvgIpc) is 2.40. The molecule has 6 heteroatoms. The summed E-state index contributed by atoms with van der Waals surface area (Å²) in [6.07, 6.45) is 4.94. The zero-order valence-corrected chi connectivity index (χ0v) is 14.6. The van der Waals surface area contributed by atoms with Crippen molar-refractivity contribution in [3.8, 4) is 0 Å². The summed E-state index contributed by atoms with van der Waals surface area (Å²) in [6.45, 7) is 7.79. The van der Waals surface area contributed by atoms with Crippen molar-refractivity contribution >= 4 is 37.4 Å². The lowest BCUT2D eigenvalue weighted by molar-refractivity contribution is 0.388. The van der Waals surface area contributed by atoms with Gasteiger partial charge in [-0.15, -0.1) is 24.4 Å². The highest BCUT2D eigenvalue weighted by molar-refractivity contribution is 8.30. The van der Waals surface area contributed by atoms with E-state index in [0.29, 0.717) is 6.04 Å². The Morgan fingerprint density at radius 3 is 1.61 bits per heavy atom. The van der Waals surface area contributed by atoms with E-state index in [2.05, 4.69) is 35.8 Å². The molecule has 0 aromatic rings. The minimum absolute atomic E-state index is 0.664. The fraction of sp³-hybridized carbons (Fsp3) is 0.667. The van der Waals surface area contributed by atoms with Crippen molar-refractivity contribution in [1.82, 2.24) is 0 Å². The van der Waals surface area contributed by atoms with Crippen LogP contribution in [0.1, 0.15) is 25.7 Å². The SMILES string of the molecule is C=C[Si]1(C=C)CCCCS1.O[Si]1(O)CCCCS1. The van der Waals surface area contributed by atoms with Gasteiger partial charge in [0.05, 0.1) is 0 Å². The van der Waals surface area contributed by atoms with Gasteiger partial charge in [-0.05, 0) is 36.8 Å². The number of rotatable bonds is 2. The molecule has 2 heterocycles. The van der Waals surface area contributed by atoms with Crippen LogP contribution in [0.15, 0.2) is 24.6 Å². The van der Waals surface area contributed by atoms with Crippen LogP contribution >= 0.6 is 22.4 Å². The molecule has 0 aromatic heterocycles. The van der Waals surface area contributed by atoms with Crippen molar-refractivity contribution in [2.45, 2.75) is 37.8 Å². The lowest BCUT2D eigenvalue weighted by Gasteiger charge is -2.27. The van der Waals surface area contributed by atoms with E-state index in [-0.39, 0.29) is 0 Å². The van der Waals surface area contributed by atoms with E-state index in [1.807, 2.05) is 0 Å². The fourth-order valence-electron chi connectivity index (χ4n) is 2.01. The van der Waals surface area contributed by atoms with Gasteiger partial charge in [-0.25, -0.2) is 0 Å². The van der Waals surface area contributed by atoms with Gasteiger partial charge in [0, 0.05) is 6.04 Å². The molecule has 2 saturated heterocycles. The highest BCUT2D eigenvalue weighted by atomic mass is 32.4. The first-order chi connectivity index (χ1) is 8.54.